The number of likely N-dealkylation sites (tertiary alicyclic amines) is 1. The molecule has 112 valence electrons. The monoisotopic (exact) mass is 279 g/mol. The van der Waals surface area contributed by atoms with Crippen LogP contribution in [0.4, 0.5) is 0 Å². The number of carbonyl (C=O) groups excluding carboxylic acids is 2. The number of carbonyl (C=O) groups is 2. The number of fused-ring (bicyclic) bond motifs is 1. The van der Waals surface area contributed by atoms with Crippen LogP contribution < -0.4 is 0 Å². The van der Waals surface area contributed by atoms with Crippen LogP contribution in [0.15, 0.2) is 0 Å². The SMILES string of the molecule is CN1CCCCC1CN1CCC(=O)N2CCCC2C1=O. The maximum absolute atomic E-state index is 12.7. The van der Waals surface area contributed by atoms with Gasteiger partial charge < -0.3 is 14.7 Å². The van der Waals surface area contributed by atoms with Crippen molar-refractivity contribution in [3.05, 3.63) is 0 Å². The highest BCUT2D eigenvalue weighted by atomic mass is 16.2. The van der Waals surface area contributed by atoms with Crippen LogP contribution in [0.25, 0.3) is 0 Å². The van der Waals surface area contributed by atoms with Gasteiger partial charge in [-0.2, -0.15) is 0 Å². The van der Waals surface area contributed by atoms with E-state index in [9.17, 15) is 9.59 Å². The van der Waals surface area contributed by atoms with Gasteiger partial charge in [-0.1, -0.05) is 6.42 Å². The minimum absolute atomic E-state index is 0.167. The standard InChI is InChI=1S/C15H25N3O2/c1-16-8-3-2-5-12(16)11-17-10-7-14(19)18-9-4-6-13(18)15(17)20/h12-13H,2-11H2,1H3. The lowest BCUT2D eigenvalue weighted by molar-refractivity contribution is -0.139. The highest BCUT2D eigenvalue weighted by Gasteiger charge is 2.39. The smallest absolute Gasteiger partial charge is 0.245 e. The van der Waals surface area contributed by atoms with Crippen molar-refractivity contribution in [2.75, 3.05) is 33.2 Å². The molecule has 3 heterocycles. The van der Waals surface area contributed by atoms with E-state index in [1.165, 1.54) is 19.3 Å². The van der Waals surface area contributed by atoms with Crippen molar-refractivity contribution < 1.29 is 9.59 Å². The molecule has 3 aliphatic heterocycles. The van der Waals surface area contributed by atoms with E-state index in [2.05, 4.69) is 11.9 Å². The first-order valence-electron chi connectivity index (χ1n) is 7.95. The van der Waals surface area contributed by atoms with Gasteiger partial charge in [0.2, 0.25) is 11.8 Å². The quantitative estimate of drug-likeness (QED) is 0.747. The molecular formula is C15H25N3O2. The van der Waals surface area contributed by atoms with Gasteiger partial charge in [0.25, 0.3) is 0 Å². The van der Waals surface area contributed by atoms with Crippen LogP contribution in [0.3, 0.4) is 0 Å². The summed E-state index contributed by atoms with van der Waals surface area (Å²) >= 11 is 0. The molecule has 5 nitrogen and oxygen atoms in total. The average Bonchev–Trinajstić information content (AvgIpc) is 2.90. The van der Waals surface area contributed by atoms with E-state index < -0.39 is 0 Å². The summed E-state index contributed by atoms with van der Waals surface area (Å²) in [5, 5.41) is 0. The third-order valence-electron chi connectivity index (χ3n) is 5.12. The van der Waals surface area contributed by atoms with Crippen molar-refractivity contribution in [3.63, 3.8) is 0 Å². The summed E-state index contributed by atoms with van der Waals surface area (Å²) in [4.78, 5) is 30.9. The summed E-state index contributed by atoms with van der Waals surface area (Å²) in [7, 11) is 2.15. The fourth-order valence-corrected chi connectivity index (χ4v) is 3.83. The molecule has 20 heavy (non-hydrogen) atoms. The number of hydrogen-bond acceptors (Lipinski definition) is 3. The summed E-state index contributed by atoms with van der Waals surface area (Å²) in [6.07, 6.45) is 6.00. The van der Waals surface area contributed by atoms with Crippen molar-refractivity contribution in [2.24, 2.45) is 0 Å². The normalized spacial score (nSPS) is 32.5. The van der Waals surface area contributed by atoms with Crippen molar-refractivity contribution in [3.8, 4) is 0 Å². The molecule has 2 unspecified atom stereocenters. The highest BCUT2D eigenvalue weighted by Crippen LogP contribution is 2.25. The summed E-state index contributed by atoms with van der Waals surface area (Å²) in [5.41, 5.74) is 0. The zero-order valence-corrected chi connectivity index (χ0v) is 12.4. The van der Waals surface area contributed by atoms with E-state index in [0.717, 1.165) is 32.5 Å². The molecule has 0 N–H and O–H groups in total. The number of rotatable bonds is 2. The lowest BCUT2D eigenvalue weighted by atomic mass is 10.0. The topological polar surface area (TPSA) is 43.9 Å². The van der Waals surface area contributed by atoms with E-state index in [1.807, 2.05) is 9.80 Å². The average molecular weight is 279 g/mol. The van der Waals surface area contributed by atoms with Crippen LogP contribution >= 0.6 is 0 Å². The molecule has 2 atom stereocenters. The molecule has 3 saturated heterocycles. The van der Waals surface area contributed by atoms with Crippen LogP contribution in [-0.4, -0.2) is 71.8 Å². The van der Waals surface area contributed by atoms with Gasteiger partial charge in [0, 0.05) is 32.1 Å². The fourth-order valence-electron chi connectivity index (χ4n) is 3.83. The number of piperidine rings is 1. The third kappa shape index (κ3) is 2.55. The Kier molecular flexibility index (Phi) is 3.96. The Morgan fingerprint density at radius 3 is 2.70 bits per heavy atom. The Balaban J connectivity index is 1.69. The Hall–Kier alpha value is -1.10. The molecule has 0 aromatic carbocycles. The summed E-state index contributed by atoms with van der Waals surface area (Å²) in [6.45, 7) is 3.30. The van der Waals surface area contributed by atoms with Gasteiger partial charge in [0.15, 0.2) is 0 Å². The van der Waals surface area contributed by atoms with Crippen molar-refractivity contribution in [1.82, 2.24) is 14.7 Å². The van der Waals surface area contributed by atoms with E-state index >= 15 is 0 Å². The largest absolute Gasteiger partial charge is 0.339 e. The zero-order chi connectivity index (χ0) is 14.1. The second-order valence-electron chi connectivity index (χ2n) is 6.41. The van der Waals surface area contributed by atoms with Crippen LogP contribution in [0.1, 0.15) is 38.5 Å². The number of likely N-dealkylation sites (N-methyl/N-ethyl adjacent to an activating group) is 1. The Morgan fingerprint density at radius 2 is 1.90 bits per heavy atom. The van der Waals surface area contributed by atoms with E-state index in [-0.39, 0.29) is 17.9 Å². The lowest BCUT2D eigenvalue weighted by Crippen LogP contribution is -2.49. The molecule has 0 aromatic rings. The van der Waals surface area contributed by atoms with Crippen LogP contribution in [0.5, 0.6) is 0 Å². The Bertz CT molecular complexity index is 399. The summed E-state index contributed by atoms with van der Waals surface area (Å²) in [6, 6.07) is 0.301. The summed E-state index contributed by atoms with van der Waals surface area (Å²) < 4.78 is 0. The molecule has 0 spiro atoms. The third-order valence-corrected chi connectivity index (χ3v) is 5.12. The number of hydrogen-bond donors (Lipinski definition) is 0. The molecule has 5 heteroatoms. The van der Waals surface area contributed by atoms with Crippen molar-refractivity contribution in [1.29, 1.82) is 0 Å². The van der Waals surface area contributed by atoms with Crippen LogP contribution in [0.2, 0.25) is 0 Å². The van der Waals surface area contributed by atoms with Crippen molar-refractivity contribution in [2.45, 2.75) is 50.6 Å². The first kappa shape index (κ1) is 13.9. The molecular weight excluding hydrogens is 254 g/mol. The van der Waals surface area contributed by atoms with Gasteiger partial charge in [-0.15, -0.1) is 0 Å². The van der Waals surface area contributed by atoms with Gasteiger partial charge in [-0.3, -0.25) is 9.59 Å². The maximum atomic E-state index is 12.7. The molecule has 3 fully saturated rings. The predicted molar refractivity (Wildman–Crippen MR) is 76.2 cm³/mol. The first-order valence-corrected chi connectivity index (χ1v) is 7.95. The maximum Gasteiger partial charge on any atom is 0.245 e. The molecule has 0 aliphatic carbocycles. The van der Waals surface area contributed by atoms with Crippen LogP contribution in [-0.2, 0) is 9.59 Å². The molecule has 3 aliphatic rings. The Labute approximate surface area is 120 Å². The second kappa shape index (κ2) is 5.72. The highest BCUT2D eigenvalue weighted by molar-refractivity contribution is 5.90. The number of nitrogens with zero attached hydrogens (tertiary/aromatic N) is 3. The Morgan fingerprint density at radius 1 is 1.05 bits per heavy atom. The second-order valence-corrected chi connectivity index (χ2v) is 6.41. The van der Waals surface area contributed by atoms with E-state index in [4.69, 9.17) is 0 Å². The molecule has 0 radical (unpaired) electrons. The molecule has 2 amide bonds. The zero-order valence-electron chi connectivity index (χ0n) is 12.4. The summed E-state index contributed by atoms with van der Waals surface area (Å²) in [5.74, 6) is 0.354. The van der Waals surface area contributed by atoms with Gasteiger partial charge in [0.05, 0.1) is 0 Å². The van der Waals surface area contributed by atoms with Gasteiger partial charge in [0.1, 0.15) is 6.04 Å². The van der Waals surface area contributed by atoms with Gasteiger partial charge in [-0.05, 0) is 39.3 Å². The molecule has 3 rings (SSSR count). The fraction of sp³-hybridized carbons (Fsp3) is 0.867. The number of amides is 2. The lowest BCUT2D eigenvalue weighted by Gasteiger charge is -2.36. The predicted octanol–water partition coefficient (Wildman–Crippen LogP) is 0.694. The molecule has 0 bridgehead atoms. The minimum atomic E-state index is -0.168. The first-order chi connectivity index (χ1) is 9.66. The molecule has 0 aromatic heterocycles. The van der Waals surface area contributed by atoms with Gasteiger partial charge >= 0.3 is 0 Å². The minimum Gasteiger partial charge on any atom is -0.339 e. The molecule has 0 saturated carbocycles. The van der Waals surface area contributed by atoms with Gasteiger partial charge in [-0.25, -0.2) is 0 Å². The van der Waals surface area contributed by atoms with Crippen LogP contribution in [0, 0.1) is 0 Å². The van der Waals surface area contributed by atoms with E-state index in [1.54, 1.807) is 0 Å². The van der Waals surface area contributed by atoms with E-state index in [0.29, 0.717) is 19.0 Å². The van der Waals surface area contributed by atoms with Crippen molar-refractivity contribution >= 4 is 11.8 Å².